The third-order valence-corrected chi connectivity index (χ3v) is 4.98. The summed E-state index contributed by atoms with van der Waals surface area (Å²) < 4.78 is 27.2. The molecule has 0 radical (unpaired) electrons. The fourth-order valence-electron chi connectivity index (χ4n) is 3.57. The van der Waals surface area contributed by atoms with Crippen molar-refractivity contribution in [1.82, 2.24) is 4.90 Å². The number of hydrogen-bond acceptors (Lipinski definition) is 8. The Balaban J connectivity index is 1.84. The molecule has 0 aromatic heterocycles. The van der Waals surface area contributed by atoms with Crippen LogP contribution in [0.1, 0.15) is 26.3 Å². The van der Waals surface area contributed by atoms with Gasteiger partial charge in [0.2, 0.25) is 5.90 Å². The van der Waals surface area contributed by atoms with Gasteiger partial charge in [-0.2, -0.15) is 0 Å². The van der Waals surface area contributed by atoms with E-state index in [-0.39, 0.29) is 19.1 Å². The number of ether oxygens (including phenoxy) is 5. The summed E-state index contributed by atoms with van der Waals surface area (Å²) >= 11 is 0. The fourth-order valence-corrected chi connectivity index (χ4v) is 3.57. The molecule has 3 atom stereocenters. The van der Waals surface area contributed by atoms with Crippen LogP contribution in [0.2, 0.25) is 0 Å². The first kappa shape index (κ1) is 21.1. The van der Waals surface area contributed by atoms with Crippen molar-refractivity contribution in [3.8, 4) is 0 Å². The van der Waals surface area contributed by atoms with Gasteiger partial charge in [-0.25, -0.2) is 14.6 Å². The van der Waals surface area contributed by atoms with Crippen LogP contribution in [-0.2, 0) is 35.1 Å². The Labute approximate surface area is 169 Å². The average molecular weight is 406 g/mol. The maximum atomic E-state index is 13.0. The van der Waals surface area contributed by atoms with E-state index in [9.17, 15) is 9.59 Å². The van der Waals surface area contributed by atoms with Crippen LogP contribution >= 0.6 is 0 Å². The van der Waals surface area contributed by atoms with Gasteiger partial charge in [-0.05, 0) is 26.3 Å². The molecular weight excluding hydrogens is 380 g/mol. The van der Waals surface area contributed by atoms with Crippen LogP contribution in [0, 0.1) is 0 Å². The monoisotopic (exact) mass is 406 g/mol. The second-order valence-electron chi connectivity index (χ2n) is 7.34. The van der Waals surface area contributed by atoms with Crippen molar-refractivity contribution in [1.29, 1.82) is 0 Å². The first-order valence-electron chi connectivity index (χ1n) is 9.28. The summed E-state index contributed by atoms with van der Waals surface area (Å²) in [7, 11) is 2.59. The van der Waals surface area contributed by atoms with E-state index < -0.39 is 35.7 Å². The Morgan fingerprint density at radius 2 is 1.93 bits per heavy atom. The lowest BCUT2D eigenvalue weighted by atomic mass is 10.1. The molecule has 29 heavy (non-hydrogen) atoms. The maximum absolute atomic E-state index is 13.0. The van der Waals surface area contributed by atoms with E-state index in [0.717, 1.165) is 5.56 Å². The number of carbonyl (C=O) groups is 2. The lowest BCUT2D eigenvalue weighted by molar-refractivity contribution is -0.166. The molecule has 9 heteroatoms. The summed E-state index contributed by atoms with van der Waals surface area (Å²) in [5.41, 5.74) is -1.70. The first-order valence-corrected chi connectivity index (χ1v) is 9.28. The van der Waals surface area contributed by atoms with Gasteiger partial charge in [-0.15, -0.1) is 0 Å². The van der Waals surface area contributed by atoms with Gasteiger partial charge in [0, 0.05) is 7.11 Å². The number of rotatable bonds is 5. The van der Waals surface area contributed by atoms with Gasteiger partial charge in [0.15, 0.2) is 6.61 Å². The number of nitrogens with zero attached hydrogens (tertiary/aromatic N) is 2. The third kappa shape index (κ3) is 3.92. The van der Waals surface area contributed by atoms with Crippen molar-refractivity contribution >= 4 is 18.0 Å². The SMILES string of the molecule is COC(=O)C1(OC)COC([C@@H]2[C@@H](C)OC(C)(C)N2C(=O)OCc2ccccc2)=N1. The summed E-state index contributed by atoms with van der Waals surface area (Å²) in [5, 5.41) is 0. The van der Waals surface area contributed by atoms with Gasteiger partial charge in [0.05, 0.1) is 13.2 Å². The minimum absolute atomic E-state index is 0.116. The van der Waals surface area contributed by atoms with Crippen molar-refractivity contribution in [2.75, 3.05) is 20.8 Å². The van der Waals surface area contributed by atoms with Crippen molar-refractivity contribution in [2.24, 2.45) is 4.99 Å². The highest BCUT2D eigenvalue weighted by Gasteiger charge is 2.56. The molecule has 1 saturated heterocycles. The zero-order valence-electron chi connectivity index (χ0n) is 17.2. The summed E-state index contributed by atoms with van der Waals surface area (Å²) in [6.45, 7) is 5.28. The highest BCUT2D eigenvalue weighted by atomic mass is 16.6. The zero-order valence-corrected chi connectivity index (χ0v) is 17.2. The number of carbonyl (C=O) groups excluding carboxylic acids is 2. The summed E-state index contributed by atoms with van der Waals surface area (Å²) in [6, 6.07) is 8.68. The Kier molecular flexibility index (Phi) is 5.81. The first-order chi connectivity index (χ1) is 13.7. The van der Waals surface area contributed by atoms with Gasteiger partial charge in [0.1, 0.15) is 18.4 Å². The summed E-state index contributed by atoms with van der Waals surface area (Å²) in [6.07, 6.45) is -1.02. The highest BCUT2D eigenvalue weighted by molar-refractivity contribution is 5.93. The molecule has 0 aliphatic carbocycles. The predicted molar refractivity (Wildman–Crippen MR) is 102 cm³/mol. The Bertz CT molecular complexity index is 795. The molecule has 0 N–H and O–H groups in total. The molecule has 0 saturated carbocycles. The van der Waals surface area contributed by atoms with Gasteiger partial charge in [-0.3, -0.25) is 4.90 Å². The van der Waals surface area contributed by atoms with E-state index in [4.69, 9.17) is 23.7 Å². The molecule has 1 fully saturated rings. The van der Waals surface area contributed by atoms with Gasteiger partial charge >= 0.3 is 12.1 Å². The van der Waals surface area contributed by atoms with E-state index in [2.05, 4.69) is 4.99 Å². The van der Waals surface area contributed by atoms with E-state index in [0.29, 0.717) is 0 Å². The largest absolute Gasteiger partial charge is 0.473 e. The molecule has 1 aromatic carbocycles. The number of aliphatic imine (C=N–C) groups is 1. The van der Waals surface area contributed by atoms with Crippen molar-refractivity contribution < 1.29 is 33.3 Å². The summed E-state index contributed by atoms with van der Waals surface area (Å²) in [5.74, 6) is -0.522. The second kappa shape index (κ2) is 8.00. The Morgan fingerprint density at radius 1 is 1.24 bits per heavy atom. The van der Waals surface area contributed by atoms with Crippen molar-refractivity contribution in [3.63, 3.8) is 0 Å². The lowest BCUT2D eigenvalue weighted by Crippen LogP contribution is -2.51. The quantitative estimate of drug-likeness (QED) is 0.691. The van der Waals surface area contributed by atoms with Crippen LogP contribution in [0.4, 0.5) is 4.79 Å². The number of amides is 1. The highest BCUT2D eigenvalue weighted by Crippen LogP contribution is 2.36. The Hall–Kier alpha value is -2.65. The number of hydrogen-bond donors (Lipinski definition) is 0. The van der Waals surface area contributed by atoms with Crippen LogP contribution in [-0.4, -0.2) is 67.3 Å². The number of methoxy groups -OCH3 is 2. The van der Waals surface area contributed by atoms with E-state index in [1.807, 2.05) is 30.3 Å². The topological polar surface area (TPSA) is 95.9 Å². The van der Waals surface area contributed by atoms with Gasteiger partial charge < -0.3 is 23.7 Å². The van der Waals surface area contributed by atoms with E-state index >= 15 is 0 Å². The molecule has 0 bridgehead atoms. The van der Waals surface area contributed by atoms with Crippen LogP contribution in [0.5, 0.6) is 0 Å². The molecule has 9 nitrogen and oxygen atoms in total. The number of benzene rings is 1. The van der Waals surface area contributed by atoms with Gasteiger partial charge in [-0.1, -0.05) is 30.3 Å². The molecule has 2 aliphatic heterocycles. The standard InChI is InChI=1S/C20H26N2O7/c1-13-15(16-21-20(26-5,12-28-16)17(23)25-4)22(19(2,3)29-13)18(24)27-11-14-9-7-6-8-10-14/h6-10,13,15H,11-12H2,1-5H3/t13-,15+,20?/m1/s1. The third-order valence-electron chi connectivity index (χ3n) is 4.98. The Morgan fingerprint density at radius 3 is 2.55 bits per heavy atom. The molecule has 0 spiro atoms. The van der Waals surface area contributed by atoms with Gasteiger partial charge in [0.25, 0.3) is 5.72 Å². The normalized spacial score (nSPS) is 27.9. The number of esters is 1. The average Bonchev–Trinajstić information content (AvgIpc) is 3.24. The molecular formula is C20H26N2O7. The maximum Gasteiger partial charge on any atom is 0.413 e. The smallest absolute Gasteiger partial charge is 0.413 e. The van der Waals surface area contributed by atoms with E-state index in [1.165, 1.54) is 19.1 Å². The van der Waals surface area contributed by atoms with Crippen LogP contribution in [0.15, 0.2) is 35.3 Å². The molecule has 1 amide bonds. The van der Waals surface area contributed by atoms with Crippen LogP contribution in [0.25, 0.3) is 0 Å². The predicted octanol–water partition coefficient (Wildman–Crippen LogP) is 2.09. The zero-order chi connectivity index (χ0) is 21.2. The van der Waals surface area contributed by atoms with Crippen molar-refractivity contribution in [2.45, 2.75) is 51.0 Å². The molecule has 2 aliphatic rings. The van der Waals surface area contributed by atoms with Crippen LogP contribution in [0.3, 0.4) is 0 Å². The fraction of sp³-hybridized carbons (Fsp3) is 0.550. The molecule has 1 unspecified atom stereocenters. The summed E-state index contributed by atoms with van der Waals surface area (Å²) in [4.78, 5) is 30.9. The lowest BCUT2D eigenvalue weighted by Gasteiger charge is -2.32. The molecule has 2 heterocycles. The molecule has 1 aromatic rings. The minimum Gasteiger partial charge on any atom is -0.473 e. The molecule has 158 valence electrons. The minimum atomic E-state index is -1.60. The second-order valence-corrected chi connectivity index (χ2v) is 7.34. The van der Waals surface area contributed by atoms with Crippen LogP contribution < -0.4 is 0 Å². The van der Waals surface area contributed by atoms with E-state index in [1.54, 1.807) is 20.8 Å². The van der Waals surface area contributed by atoms with Crippen molar-refractivity contribution in [3.05, 3.63) is 35.9 Å². The molecule has 3 rings (SSSR count).